The Kier molecular flexibility index (Phi) is 4.00. The fourth-order valence-corrected chi connectivity index (χ4v) is 1.10. The summed E-state index contributed by atoms with van der Waals surface area (Å²) in [4.78, 5) is 11.0. The number of hydrogen-bond donors (Lipinski definition) is 2. The maximum atomic E-state index is 11.0. The summed E-state index contributed by atoms with van der Waals surface area (Å²) in [6.07, 6.45) is 1.89. The third-order valence-corrected chi connectivity index (χ3v) is 2.10. The molecule has 1 amide bonds. The van der Waals surface area contributed by atoms with Gasteiger partial charge in [0, 0.05) is 13.6 Å². The van der Waals surface area contributed by atoms with Crippen molar-refractivity contribution in [2.75, 3.05) is 13.6 Å². The highest BCUT2D eigenvalue weighted by Gasteiger charge is 2.14. The lowest BCUT2D eigenvalue weighted by atomic mass is 10.1. The average Bonchev–Trinajstić information content (AvgIpc) is 2.65. The van der Waals surface area contributed by atoms with Gasteiger partial charge in [0.15, 0.2) is 0 Å². The Labute approximate surface area is 95.4 Å². The predicted molar refractivity (Wildman–Crippen MR) is 60.8 cm³/mol. The van der Waals surface area contributed by atoms with Crippen molar-refractivity contribution in [3.63, 3.8) is 0 Å². The van der Waals surface area contributed by atoms with Gasteiger partial charge in [-0.2, -0.15) is 0 Å². The number of likely N-dealkylation sites (N-methyl/N-ethyl adjacent to an activating group) is 1. The van der Waals surface area contributed by atoms with Crippen molar-refractivity contribution >= 4 is 5.91 Å². The van der Waals surface area contributed by atoms with Crippen molar-refractivity contribution in [3.05, 3.63) is 11.9 Å². The highest BCUT2D eigenvalue weighted by Crippen LogP contribution is 2.11. The second-order valence-corrected chi connectivity index (χ2v) is 4.60. The van der Waals surface area contributed by atoms with Crippen molar-refractivity contribution in [3.8, 4) is 0 Å². The van der Waals surface area contributed by atoms with E-state index in [1.54, 1.807) is 7.05 Å². The van der Waals surface area contributed by atoms with Gasteiger partial charge in [0.25, 0.3) is 0 Å². The van der Waals surface area contributed by atoms with E-state index in [2.05, 4.69) is 41.7 Å². The molecule has 90 valence electrons. The van der Waals surface area contributed by atoms with Gasteiger partial charge in [-0.15, -0.1) is 5.10 Å². The molecule has 0 saturated heterocycles. The van der Waals surface area contributed by atoms with Crippen LogP contribution in [0.25, 0.3) is 0 Å². The number of carbonyl (C=O) groups is 1. The molecule has 0 unspecified atom stereocenters. The first kappa shape index (κ1) is 12.6. The van der Waals surface area contributed by atoms with Crippen LogP contribution in [0.1, 0.15) is 26.5 Å². The molecule has 0 aromatic carbocycles. The van der Waals surface area contributed by atoms with Crippen LogP contribution >= 0.6 is 0 Å². The molecule has 16 heavy (non-hydrogen) atoms. The maximum absolute atomic E-state index is 11.0. The van der Waals surface area contributed by atoms with Gasteiger partial charge in [0.1, 0.15) is 0 Å². The Morgan fingerprint density at radius 2 is 2.19 bits per heavy atom. The molecule has 0 aliphatic carbocycles. The van der Waals surface area contributed by atoms with E-state index in [1.807, 2.05) is 10.9 Å². The Morgan fingerprint density at radius 3 is 2.69 bits per heavy atom. The van der Waals surface area contributed by atoms with Crippen LogP contribution < -0.4 is 10.6 Å². The topological polar surface area (TPSA) is 71.8 Å². The lowest BCUT2D eigenvalue weighted by Crippen LogP contribution is -2.31. The summed E-state index contributed by atoms with van der Waals surface area (Å²) < 4.78 is 1.81. The third kappa shape index (κ3) is 3.62. The molecule has 0 radical (unpaired) electrons. The van der Waals surface area contributed by atoms with Crippen LogP contribution in [-0.2, 0) is 16.9 Å². The molecule has 0 atom stereocenters. The molecule has 1 aromatic rings. The van der Waals surface area contributed by atoms with E-state index in [4.69, 9.17) is 0 Å². The standard InChI is InChI=1S/C10H19N5O/c1-10(2,3)15-7-8(13-14-15)5-12-6-9(16)11-4/h7,12H,5-6H2,1-4H3,(H,11,16). The summed E-state index contributed by atoms with van der Waals surface area (Å²) in [5.41, 5.74) is 0.769. The normalized spacial score (nSPS) is 11.5. The fourth-order valence-electron chi connectivity index (χ4n) is 1.10. The summed E-state index contributed by atoms with van der Waals surface area (Å²) in [5, 5.41) is 13.6. The summed E-state index contributed by atoms with van der Waals surface area (Å²) in [6, 6.07) is 0. The van der Waals surface area contributed by atoms with E-state index in [-0.39, 0.29) is 11.4 Å². The number of aromatic nitrogens is 3. The van der Waals surface area contributed by atoms with Gasteiger partial charge in [-0.05, 0) is 20.8 Å². The quantitative estimate of drug-likeness (QED) is 0.748. The number of amides is 1. The first-order valence-electron chi connectivity index (χ1n) is 5.26. The van der Waals surface area contributed by atoms with Crippen LogP contribution in [0.15, 0.2) is 6.20 Å². The molecule has 0 saturated carbocycles. The highest BCUT2D eigenvalue weighted by molar-refractivity contribution is 5.77. The van der Waals surface area contributed by atoms with Crippen molar-refractivity contribution in [1.82, 2.24) is 25.6 Å². The zero-order valence-electron chi connectivity index (χ0n) is 10.2. The second-order valence-electron chi connectivity index (χ2n) is 4.60. The molecule has 1 aromatic heterocycles. The predicted octanol–water partition coefficient (Wildman–Crippen LogP) is -0.131. The third-order valence-electron chi connectivity index (χ3n) is 2.10. The van der Waals surface area contributed by atoms with Crippen LogP contribution in [0.3, 0.4) is 0 Å². The second kappa shape index (κ2) is 5.07. The van der Waals surface area contributed by atoms with Gasteiger partial charge in [-0.1, -0.05) is 5.21 Å². The number of rotatable bonds is 4. The molecule has 0 bridgehead atoms. The summed E-state index contributed by atoms with van der Waals surface area (Å²) in [7, 11) is 1.61. The van der Waals surface area contributed by atoms with E-state index >= 15 is 0 Å². The number of nitrogens with one attached hydrogen (secondary N) is 2. The lowest BCUT2D eigenvalue weighted by Gasteiger charge is -2.17. The molecule has 0 aliphatic rings. The smallest absolute Gasteiger partial charge is 0.233 e. The van der Waals surface area contributed by atoms with Crippen LogP contribution in [-0.4, -0.2) is 34.5 Å². The van der Waals surface area contributed by atoms with Gasteiger partial charge >= 0.3 is 0 Å². The van der Waals surface area contributed by atoms with Crippen LogP contribution in [0, 0.1) is 0 Å². The van der Waals surface area contributed by atoms with Gasteiger partial charge in [-0.3, -0.25) is 4.79 Å². The Hall–Kier alpha value is -1.43. The fraction of sp³-hybridized carbons (Fsp3) is 0.700. The summed E-state index contributed by atoms with van der Waals surface area (Å²) in [5.74, 6) is -0.0387. The zero-order valence-corrected chi connectivity index (χ0v) is 10.2. The first-order chi connectivity index (χ1) is 7.43. The van der Waals surface area contributed by atoms with Crippen molar-refractivity contribution in [2.24, 2.45) is 0 Å². The monoisotopic (exact) mass is 225 g/mol. The maximum Gasteiger partial charge on any atom is 0.233 e. The molecular weight excluding hydrogens is 206 g/mol. The molecule has 1 rings (SSSR count). The van der Waals surface area contributed by atoms with Gasteiger partial charge in [0.05, 0.1) is 24.0 Å². The molecular formula is C10H19N5O. The van der Waals surface area contributed by atoms with Crippen molar-refractivity contribution in [1.29, 1.82) is 0 Å². The molecule has 6 heteroatoms. The minimum atomic E-state index is -0.0634. The molecule has 0 aliphatic heterocycles. The van der Waals surface area contributed by atoms with E-state index in [9.17, 15) is 4.79 Å². The van der Waals surface area contributed by atoms with Gasteiger partial charge < -0.3 is 10.6 Å². The van der Waals surface area contributed by atoms with E-state index in [0.717, 1.165) is 5.69 Å². The Bertz CT molecular complexity index is 352. The van der Waals surface area contributed by atoms with Crippen molar-refractivity contribution in [2.45, 2.75) is 32.9 Å². The SMILES string of the molecule is CNC(=O)CNCc1cn(C(C)(C)C)nn1. The average molecular weight is 225 g/mol. The molecule has 1 heterocycles. The minimum absolute atomic E-state index is 0.0387. The Balaban J connectivity index is 2.44. The number of nitrogens with zero attached hydrogens (tertiary/aromatic N) is 3. The largest absolute Gasteiger partial charge is 0.358 e. The van der Waals surface area contributed by atoms with Crippen LogP contribution in [0.2, 0.25) is 0 Å². The zero-order chi connectivity index (χ0) is 12.2. The molecule has 2 N–H and O–H groups in total. The highest BCUT2D eigenvalue weighted by atomic mass is 16.1. The molecule has 0 fully saturated rings. The first-order valence-corrected chi connectivity index (χ1v) is 5.26. The minimum Gasteiger partial charge on any atom is -0.358 e. The Morgan fingerprint density at radius 1 is 1.50 bits per heavy atom. The summed E-state index contributed by atoms with van der Waals surface area (Å²) >= 11 is 0. The van der Waals surface area contributed by atoms with E-state index < -0.39 is 0 Å². The number of hydrogen-bond acceptors (Lipinski definition) is 4. The van der Waals surface area contributed by atoms with Crippen LogP contribution in [0.4, 0.5) is 0 Å². The van der Waals surface area contributed by atoms with Crippen molar-refractivity contribution < 1.29 is 4.79 Å². The summed E-state index contributed by atoms with van der Waals surface area (Å²) in [6.45, 7) is 7.01. The molecule has 6 nitrogen and oxygen atoms in total. The van der Waals surface area contributed by atoms with Gasteiger partial charge in [-0.25, -0.2) is 4.68 Å². The number of carbonyl (C=O) groups excluding carboxylic acids is 1. The van der Waals surface area contributed by atoms with Gasteiger partial charge in [0.2, 0.25) is 5.91 Å². The van der Waals surface area contributed by atoms with Crippen LogP contribution in [0.5, 0.6) is 0 Å². The lowest BCUT2D eigenvalue weighted by molar-refractivity contribution is -0.119. The van der Waals surface area contributed by atoms with E-state index in [0.29, 0.717) is 13.1 Å². The molecule has 0 spiro atoms. The van der Waals surface area contributed by atoms with E-state index in [1.165, 1.54) is 0 Å².